The summed E-state index contributed by atoms with van der Waals surface area (Å²) in [6.45, 7) is 0.533. The largest absolute Gasteiger partial charge is 0.467 e. The number of hydrogen-bond acceptors (Lipinski definition) is 6. The van der Waals surface area contributed by atoms with Crippen LogP contribution in [0.2, 0.25) is 0 Å². The van der Waals surface area contributed by atoms with Gasteiger partial charge in [-0.15, -0.1) is 10.2 Å². The Hall–Kier alpha value is -3.20. The van der Waals surface area contributed by atoms with Crippen LogP contribution in [-0.2, 0) is 13.1 Å². The number of carbonyl (C=O) groups is 1. The SMILES string of the molecule is O=C(NCc1ccco1)NCc1nnc2ccc(-c3ccsc3)nn12. The first-order valence-electron chi connectivity index (χ1n) is 7.57. The monoisotopic (exact) mass is 354 g/mol. The average Bonchev–Trinajstić information content (AvgIpc) is 3.39. The standard InChI is InChI=1S/C16H14N6O2S/c23-16(17-8-12-2-1-6-24-12)18-9-15-20-19-14-4-3-13(21-22(14)15)11-5-7-25-10-11/h1-7,10H,8-9H2,(H2,17,18,23). The van der Waals surface area contributed by atoms with Gasteiger partial charge in [-0.3, -0.25) is 0 Å². The predicted molar refractivity (Wildman–Crippen MR) is 91.9 cm³/mol. The van der Waals surface area contributed by atoms with Crippen molar-refractivity contribution in [2.45, 2.75) is 13.1 Å². The quantitative estimate of drug-likeness (QED) is 0.574. The van der Waals surface area contributed by atoms with Gasteiger partial charge in [-0.1, -0.05) is 0 Å². The fourth-order valence-corrected chi connectivity index (χ4v) is 2.96. The highest BCUT2D eigenvalue weighted by atomic mass is 32.1. The van der Waals surface area contributed by atoms with Gasteiger partial charge in [-0.05, 0) is 35.7 Å². The molecule has 9 heteroatoms. The number of furan rings is 1. The Balaban J connectivity index is 1.44. The van der Waals surface area contributed by atoms with Crippen LogP contribution in [0.25, 0.3) is 16.9 Å². The van der Waals surface area contributed by atoms with Crippen LogP contribution in [0.4, 0.5) is 4.79 Å². The third-order valence-electron chi connectivity index (χ3n) is 3.55. The van der Waals surface area contributed by atoms with Crippen molar-refractivity contribution in [1.82, 2.24) is 30.4 Å². The number of rotatable bonds is 5. The molecular formula is C16H14N6O2S. The van der Waals surface area contributed by atoms with Crippen molar-refractivity contribution in [2.75, 3.05) is 0 Å². The van der Waals surface area contributed by atoms with Crippen LogP contribution in [0.15, 0.2) is 51.8 Å². The number of nitrogens with zero attached hydrogens (tertiary/aromatic N) is 4. The second kappa shape index (κ2) is 6.73. The number of thiophene rings is 1. The number of nitrogens with one attached hydrogen (secondary N) is 2. The van der Waals surface area contributed by atoms with E-state index in [4.69, 9.17) is 4.42 Å². The Bertz CT molecular complexity index is 978. The molecule has 0 unspecified atom stereocenters. The molecule has 4 aromatic heterocycles. The smallest absolute Gasteiger partial charge is 0.315 e. The molecule has 0 saturated heterocycles. The number of carbonyl (C=O) groups excluding carboxylic acids is 1. The zero-order valence-corrected chi connectivity index (χ0v) is 13.9. The van der Waals surface area contributed by atoms with Gasteiger partial charge in [0.15, 0.2) is 11.5 Å². The molecule has 0 radical (unpaired) electrons. The van der Waals surface area contributed by atoms with Gasteiger partial charge in [0.05, 0.1) is 25.0 Å². The predicted octanol–water partition coefficient (Wildman–Crippen LogP) is 2.45. The number of urea groups is 1. The summed E-state index contributed by atoms with van der Waals surface area (Å²) in [4.78, 5) is 11.9. The molecule has 25 heavy (non-hydrogen) atoms. The third-order valence-corrected chi connectivity index (χ3v) is 4.24. The molecule has 8 nitrogen and oxygen atoms in total. The molecular weight excluding hydrogens is 340 g/mol. The molecule has 0 atom stereocenters. The van der Waals surface area contributed by atoms with Gasteiger partial charge >= 0.3 is 6.03 Å². The Morgan fingerprint density at radius 3 is 2.88 bits per heavy atom. The molecule has 2 N–H and O–H groups in total. The minimum Gasteiger partial charge on any atom is -0.467 e. The molecule has 0 aliphatic rings. The zero-order chi connectivity index (χ0) is 17.1. The molecule has 0 aliphatic heterocycles. The lowest BCUT2D eigenvalue weighted by atomic mass is 10.2. The minimum atomic E-state index is -0.317. The van der Waals surface area contributed by atoms with E-state index in [9.17, 15) is 4.79 Å². The van der Waals surface area contributed by atoms with Crippen molar-refractivity contribution >= 4 is 23.0 Å². The number of hydrogen-bond donors (Lipinski definition) is 2. The molecule has 0 saturated carbocycles. The summed E-state index contributed by atoms with van der Waals surface area (Å²) in [5, 5.41) is 22.2. The molecule has 0 bridgehead atoms. The summed E-state index contributed by atoms with van der Waals surface area (Å²) in [7, 11) is 0. The molecule has 0 spiro atoms. The maximum atomic E-state index is 11.9. The molecule has 4 heterocycles. The van der Waals surface area contributed by atoms with Gasteiger partial charge in [0.1, 0.15) is 5.76 Å². The summed E-state index contributed by atoms with van der Waals surface area (Å²) in [6, 6.07) is 9.01. The van der Waals surface area contributed by atoms with E-state index in [0.29, 0.717) is 23.8 Å². The normalized spacial score (nSPS) is 10.9. The zero-order valence-electron chi connectivity index (χ0n) is 13.0. The first-order valence-corrected chi connectivity index (χ1v) is 8.52. The third kappa shape index (κ3) is 3.36. The topological polar surface area (TPSA) is 97.3 Å². The summed E-state index contributed by atoms with van der Waals surface area (Å²) in [5.74, 6) is 1.24. The lowest BCUT2D eigenvalue weighted by Crippen LogP contribution is -2.35. The van der Waals surface area contributed by atoms with E-state index < -0.39 is 0 Å². The molecule has 0 fully saturated rings. The fourth-order valence-electron chi connectivity index (χ4n) is 2.31. The van der Waals surface area contributed by atoms with E-state index in [0.717, 1.165) is 11.3 Å². The van der Waals surface area contributed by atoms with Crippen LogP contribution >= 0.6 is 11.3 Å². The molecule has 2 amide bonds. The van der Waals surface area contributed by atoms with E-state index in [1.807, 2.05) is 29.0 Å². The highest BCUT2D eigenvalue weighted by Gasteiger charge is 2.10. The van der Waals surface area contributed by atoms with E-state index >= 15 is 0 Å². The highest BCUT2D eigenvalue weighted by Crippen LogP contribution is 2.20. The van der Waals surface area contributed by atoms with Crippen LogP contribution in [0.3, 0.4) is 0 Å². The van der Waals surface area contributed by atoms with Crippen molar-refractivity contribution in [2.24, 2.45) is 0 Å². The second-order valence-corrected chi connectivity index (χ2v) is 6.01. The average molecular weight is 354 g/mol. The molecule has 126 valence electrons. The Kier molecular flexibility index (Phi) is 4.13. The van der Waals surface area contributed by atoms with Gasteiger partial charge in [0, 0.05) is 10.9 Å². The lowest BCUT2D eigenvalue weighted by Gasteiger charge is -2.05. The van der Waals surface area contributed by atoms with Crippen LogP contribution in [0.1, 0.15) is 11.6 Å². The van der Waals surface area contributed by atoms with E-state index in [1.165, 1.54) is 0 Å². The van der Waals surface area contributed by atoms with Gasteiger partial charge in [0.25, 0.3) is 0 Å². The van der Waals surface area contributed by atoms with Crippen molar-refractivity contribution < 1.29 is 9.21 Å². The minimum absolute atomic E-state index is 0.214. The first-order chi connectivity index (χ1) is 12.3. The molecule has 4 rings (SSSR count). The van der Waals surface area contributed by atoms with Crippen LogP contribution < -0.4 is 10.6 Å². The Morgan fingerprint density at radius 2 is 2.08 bits per heavy atom. The fraction of sp³-hybridized carbons (Fsp3) is 0.125. The molecule has 0 aromatic carbocycles. The Labute approximate surface area is 146 Å². The summed E-state index contributed by atoms with van der Waals surface area (Å²) < 4.78 is 6.80. The van der Waals surface area contributed by atoms with Gasteiger partial charge < -0.3 is 15.1 Å². The highest BCUT2D eigenvalue weighted by molar-refractivity contribution is 7.08. The van der Waals surface area contributed by atoms with E-state index in [-0.39, 0.29) is 12.6 Å². The Morgan fingerprint density at radius 1 is 1.16 bits per heavy atom. The summed E-state index contributed by atoms with van der Waals surface area (Å²) >= 11 is 1.61. The van der Waals surface area contributed by atoms with Gasteiger partial charge in [0.2, 0.25) is 0 Å². The second-order valence-electron chi connectivity index (χ2n) is 5.23. The van der Waals surface area contributed by atoms with Crippen LogP contribution in [0.5, 0.6) is 0 Å². The number of aromatic nitrogens is 4. The van der Waals surface area contributed by atoms with Gasteiger partial charge in [-0.25, -0.2) is 4.79 Å². The molecule has 0 aliphatic carbocycles. The number of fused-ring (bicyclic) bond motifs is 1. The molecule has 4 aromatic rings. The maximum absolute atomic E-state index is 11.9. The number of amides is 2. The first kappa shape index (κ1) is 15.3. The summed E-state index contributed by atoms with van der Waals surface area (Å²) in [5.41, 5.74) is 2.50. The van der Waals surface area contributed by atoms with E-state index in [2.05, 4.69) is 25.9 Å². The lowest BCUT2D eigenvalue weighted by molar-refractivity contribution is 0.239. The van der Waals surface area contributed by atoms with E-state index in [1.54, 1.807) is 34.2 Å². The maximum Gasteiger partial charge on any atom is 0.315 e. The van der Waals surface area contributed by atoms with Crippen molar-refractivity contribution in [3.63, 3.8) is 0 Å². The summed E-state index contributed by atoms with van der Waals surface area (Å²) in [6.07, 6.45) is 1.56. The van der Waals surface area contributed by atoms with Crippen LogP contribution in [-0.4, -0.2) is 25.8 Å². The van der Waals surface area contributed by atoms with Crippen molar-refractivity contribution in [3.8, 4) is 11.3 Å². The van der Waals surface area contributed by atoms with Crippen LogP contribution in [0, 0.1) is 0 Å². The van der Waals surface area contributed by atoms with Crippen molar-refractivity contribution in [3.05, 3.63) is 58.9 Å². The van der Waals surface area contributed by atoms with Gasteiger partial charge in [-0.2, -0.15) is 21.0 Å². The van der Waals surface area contributed by atoms with Crippen molar-refractivity contribution in [1.29, 1.82) is 0 Å².